The largest absolute Gasteiger partial charge is 0.394 e. The van der Waals surface area contributed by atoms with E-state index in [9.17, 15) is 15.0 Å². The monoisotopic (exact) mass is 782 g/mol. The molecule has 0 fully saturated rings. The van der Waals surface area contributed by atoms with Crippen LogP contribution in [0, 0.1) is 0 Å². The summed E-state index contributed by atoms with van der Waals surface area (Å²) >= 11 is 0. The Labute approximate surface area is 349 Å². The third-order valence-corrected chi connectivity index (χ3v) is 11.0. The van der Waals surface area contributed by atoms with Crippen LogP contribution >= 0.6 is 0 Å². The lowest BCUT2D eigenvalue weighted by Gasteiger charge is -2.19. The summed E-state index contributed by atoms with van der Waals surface area (Å²) in [4.78, 5) is 12.4. The molecule has 0 rings (SSSR count). The molecule has 4 heteroatoms. The molecule has 0 aliphatic rings. The van der Waals surface area contributed by atoms with Crippen molar-refractivity contribution in [3.05, 3.63) is 60.8 Å². The second kappa shape index (κ2) is 47.5. The first-order valence-electron chi connectivity index (χ1n) is 24.5. The number of aliphatic hydroxyl groups is 2. The van der Waals surface area contributed by atoms with Gasteiger partial charge in [0.2, 0.25) is 5.91 Å². The van der Waals surface area contributed by atoms with Crippen LogP contribution in [0.15, 0.2) is 60.8 Å². The zero-order valence-corrected chi connectivity index (χ0v) is 37.4. The van der Waals surface area contributed by atoms with Gasteiger partial charge in [0.05, 0.1) is 18.8 Å². The zero-order chi connectivity index (χ0) is 40.7. The van der Waals surface area contributed by atoms with Crippen LogP contribution in [-0.4, -0.2) is 34.9 Å². The Hall–Kier alpha value is -1.91. The highest BCUT2D eigenvalue weighted by Crippen LogP contribution is 2.15. The first-order chi connectivity index (χ1) is 27.7. The van der Waals surface area contributed by atoms with E-state index in [0.29, 0.717) is 6.42 Å². The third kappa shape index (κ3) is 43.2. The molecule has 0 bridgehead atoms. The van der Waals surface area contributed by atoms with Gasteiger partial charge in [0, 0.05) is 6.42 Å². The maximum atomic E-state index is 12.4. The Bertz CT molecular complexity index is 934. The summed E-state index contributed by atoms with van der Waals surface area (Å²) in [5, 5.41) is 23.0. The molecule has 0 heterocycles. The highest BCUT2D eigenvalue weighted by molar-refractivity contribution is 5.76. The van der Waals surface area contributed by atoms with Gasteiger partial charge in [-0.2, -0.15) is 0 Å². The van der Waals surface area contributed by atoms with Crippen LogP contribution in [0.25, 0.3) is 0 Å². The van der Waals surface area contributed by atoms with Gasteiger partial charge in [0.15, 0.2) is 0 Å². The van der Waals surface area contributed by atoms with Crippen molar-refractivity contribution in [2.45, 2.75) is 257 Å². The highest BCUT2D eigenvalue weighted by atomic mass is 16.3. The molecule has 0 aromatic carbocycles. The number of carbonyl (C=O) groups excluding carboxylic acids is 1. The number of allylic oxidation sites excluding steroid dienone is 9. The minimum Gasteiger partial charge on any atom is -0.394 e. The van der Waals surface area contributed by atoms with E-state index in [2.05, 4.69) is 67.8 Å². The molecule has 2 atom stereocenters. The predicted molar refractivity (Wildman–Crippen MR) is 248 cm³/mol. The minimum atomic E-state index is -0.878. The SMILES string of the molecule is CCCCCC/C=C\C/C=C\CCCCCCCC(=O)NC(CO)C(O)/C=C/CC/C=C/CC/C=C/CCCCCCCCCCCCCCCCCCCC. The lowest BCUT2D eigenvalue weighted by Crippen LogP contribution is -2.45. The number of aliphatic hydroxyl groups excluding tert-OH is 2. The number of rotatable bonds is 44. The average molecular weight is 782 g/mol. The Morgan fingerprint density at radius 1 is 0.429 bits per heavy atom. The quantitative estimate of drug-likeness (QED) is 0.0426. The van der Waals surface area contributed by atoms with Crippen LogP contribution in [0.5, 0.6) is 0 Å². The molecule has 0 saturated carbocycles. The van der Waals surface area contributed by atoms with Gasteiger partial charge in [0.1, 0.15) is 0 Å². The van der Waals surface area contributed by atoms with Crippen LogP contribution in [0.4, 0.5) is 0 Å². The van der Waals surface area contributed by atoms with Gasteiger partial charge >= 0.3 is 0 Å². The first kappa shape index (κ1) is 54.1. The van der Waals surface area contributed by atoms with Gasteiger partial charge in [-0.1, -0.05) is 222 Å². The molecule has 56 heavy (non-hydrogen) atoms. The molecule has 3 N–H and O–H groups in total. The average Bonchev–Trinajstić information content (AvgIpc) is 3.20. The van der Waals surface area contributed by atoms with Crippen molar-refractivity contribution in [2.24, 2.45) is 0 Å². The fraction of sp³-hybridized carbons (Fsp3) is 0.788. The molecule has 0 spiro atoms. The molecule has 326 valence electrons. The Balaban J connectivity index is 3.61. The van der Waals surface area contributed by atoms with Gasteiger partial charge in [-0.15, -0.1) is 0 Å². The maximum absolute atomic E-state index is 12.4. The molecule has 0 aromatic heterocycles. The van der Waals surface area contributed by atoms with E-state index >= 15 is 0 Å². The van der Waals surface area contributed by atoms with Crippen molar-refractivity contribution in [1.29, 1.82) is 0 Å². The van der Waals surface area contributed by atoms with Crippen LogP contribution in [0.3, 0.4) is 0 Å². The molecular weight excluding hydrogens is 687 g/mol. The molecule has 4 nitrogen and oxygen atoms in total. The summed E-state index contributed by atoms with van der Waals surface area (Å²) < 4.78 is 0. The fourth-order valence-electron chi connectivity index (χ4n) is 7.18. The van der Waals surface area contributed by atoms with Crippen molar-refractivity contribution >= 4 is 5.91 Å². The van der Waals surface area contributed by atoms with Crippen LogP contribution in [-0.2, 0) is 4.79 Å². The summed E-state index contributed by atoms with van der Waals surface area (Å²) in [5.74, 6) is -0.0924. The lowest BCUT2D eigenvalue weighted by atomic mass is 10.0. The van der Waals surface area contributed by atoms with Crippen LogP contribution < -0.4 is 5.32 Å². The van der Waals surface area contributed by atoms with Crippen LogP contribution in [0.1, 0.15) is 245 Å². The van der Waals surface area contributed by atoms with Crippen LogP contribution in [0.2, 0.25) is 0 Å². The molecule has 2 unspecified atom stereocenters. The van der Waals surface area contributed by atoms with E-state index in [1.165, 1.54) is 167 Å². The summed E-state index contributed by atoms with van der Waals surface area (Å²) in [5.41, 5.74) is 0. The molecule has 0 aromatic rings. The molecule has 0 saturated heterocycles. The van der Waals surface area contributed by atoms with E-state index in [0.717, 1.165) is 57.8 Å². The fourth-order valence-corrected chi connectivity index (χ4v) is 7.18. The Morgan fingerprint density at radius 2 is 0.750 bits per heavy atom. The molecule has 0 radical (unpaired) electrons. The number of amides is 1. The Morgan fingerprint density at radius 3 is 1.16 bits per heavy atom. The summed E-state index contributed by atoms with van der Waals surface area (Å²) in [6, 6.07) is -0.655. The normalized spacial score (nSPS) is 13.4. The van der Waals surface area contributed by atoms with Crippen molar-refractivity contribution in [3.63, 3.8) is 0 Å². The maximum Gasteiger partial charge on any atom is 0.220 e. The second-order valence-electron chi connectivity index (χ2n) is 16.5. The van der Waals surface area contributed by atoms with E-state index in [4.69, 9.17) is 0 Å². The van der Waals surface area contributed by atoms with E-state index in [-0.39, 0.29) is 12.5 Å². The van der Waals surface area contributed by atoms with Crippen molar-refractivity contribution in [3.8, 4) is 0 Å². The molecular formula is C52H95NO3. The van der Waals surface area contributed by atoms with Gasteiger partial charge in [-0.3, -0.25) is 4.79 Å². The smallest absolute Gasteiger partial charge is 0.220 e. The summed E-state index contributed by atoms with van der Waals surface area (Å²) in [6.07, 6.45) is 66.4. The zero-order valence-electron chi connectivity index (χ0n) is 37.4. The highest BCUT2D eigenvalue weighted by Gasteiger charge is 2.17. The lowest BCUT2D eigenvalue weighted by molar-refractivity contribution is -0.123. The minimum absolute atomic E-state index is 0.0924. The van der Waals surface area contributed by atoms with Crippen molar-refractivity contribution in [2.75, 3.05) is 6.61 Å². The second-order valence-corrected chi connectivity index (χ2v) is 16.5. The van der Waals surface area contributed by atoms with E-state index in [1.54, 1.807) is 6.08 Å². The molecule has 0 aliphatic carbocycles. The topological polar surface area (TPSA) is 69.6 Å². The summed E-state index contributed by atoms with van der Waals surface area (Å²) in [7, 11) is 0. The van der Waals surface area contributed by atoms with Gasteiger partial charge < -0.3 is 15.5 Å². The molecule has 0 aliphatic heterocycles. The van der Waals surface area contributed by atoms with Gasteiger partial charge in [-0.25, -0.2) is 0 Å². The van der Waals surface area contributed by atoms with Crippen molar-refractivity contribution in [1.82, 2.24) is 5.32 Å². The predicted octanol–water partition coefficient (Wildman–Crippen LogP) is 15.7. The van der Waals surface area contributed by atoms with Crippen molar-refractivity contribution < 1.29 is 15.0 Å². The summed E-state index contributed by atoms with van der Waals surface area (Å²) in [6.45, 7) is 4.28. The third-order valence-electron chi connectivity index (χ3n) is 11.0. The number of carbonyl (C=O) groups is 1. The Kier molecular flexibility index (Phi) is 45.8. The van der Waals surface area contributed by atoms with E-state index in [1.807, 2.05) is 6.08 Å². The first-order valence-corrected chi connectivity index (χ1v) is 24.5. The van der Waals surface area contributed by atoms with Gasteiger partial charge in [0.25, 0.3) is 0 Å². The number of hydrogen-bond acceptors (Lipinski definition) is 3. The van der Waals surface area contributed by atoms with Gasteiger partial charge in [-0.05, 0) is 77.0 Å². The molecule has 1 amide bonds. The number of nitrogens with one attached hydrogen (secondary N) is 1. The van der Waals surface area contributed by atoms with E-state index < -0.39 is 12.1 Å². The number of hydrogen-bond donors (Lipinski definition) is 3. The standard InChI is InChI=1S/C52H95NO3/c1-3-5-7-9-11-13-15-17-19-21-22-23-24-25-26-27-28-29-30-31-32-33-35-37-39-41-43-45-47-51(55)50(49-54)53-52(56)48-46-44-42-40-38-36-34-20-18-16-14-12-10-8-6-4-2/h14,16,20,31-32,34,37,39,45,47,50-51,54-55H,3-13,15,17-19,21-30,33,35-36,38,40-44,46,48-49H2,1-2H3,(H,53,56)/b16-14-,32-31+,34-20-,39-37+,47-45+. The number of unbranched alkanes of at least 4 members (excludes halogenated alkanes) is 29.